The van der Waals surface area contributed by atoms with Crippen LogP contribution in [-0.4, -0.2) is 68.4 Å². The van der Waals surface area contributed by atoms with E-state index in [1.165, 1.54) is 7.11 Å². The largest absolute Gasteiger partial charge is 0.497 e. The molecule has 2 aromatic carbocycles. The maximum absolute atomic E-state index is 16.1. The van der Waals surface area contributed by atoms with E-state index >= 15 is 4.39 Å². The number of likely N-dealkylation sites (tertiary alicyclic amines) is 1. The minimum Gasteiger partial charge on any atom is -0.497 e. The smallest absolute Gasteiger partial charge is 0.249 e. The summed E-state index contributed by atoms with van der Waals surface area (Å²) < 4.78 is 62.4. The Kier molecular flexibility index (Phi) is 9.54. The number of benzene rings is 2. The van der Waals surface area contributed by atoms with Crippen molar-refractivity contribution in [3.63, 3.8) is 0 Å². The van der Waals surface area contributed by atoms with Crippen LogP contribution in [0.25, 0.3) is 10.9 Å². The van der Waals surface area contributed by atoms with E-state index in [0.29, 0.717) is 72.5 Å². The molecule has 0 bridgehead atoms. The summed E-state index contributed by atoms with van der Waals surface area (Å²) in [5.41, 5.74) is 2.09. The number of nitrogens with zero attached hydrogens (tertiary/aromatic N) is 3. The van der Waals surface area contributed by atoms with Crippen molar-refractivity contribution >= 4 is 28.2 Å². The number of pyridine rings is 1. The Morgan fingerprint density at radius 1 is 1.17 bits per heavy atom. The number of hydroxylamine groups is 1. The van der Waals surface area contributed by atoms with Gasteiger partial charge in [-0.1, -0.05) is 0 Å². The van der Waals surface area contributed by atoms with Crippen LogP contribution in [0.2, 0.25) is 0 Å². The summed E-state index contributed by atoms with van der Waals surface area (Å²) >= 11 is 0. The Balaban J connectivity index is 1.44. The molecule has 0 spiro atoms. The number of anilines is 2. The van der Waals surface area contributed by atoms with Crippen LogP contribution in [-0.2, 0) is 4.79 Å². The molecule has 8 nitrogen and oxygen atoms in total. The Bertz CT molecular complexity index is 1360. The van der Waals surface area contributed by atoms with E-state index in [1.807, 2.05) is 19.0 Å². The molecule has 0 aliphatic carbocycles. The molecule has 1 fully saturated rings. The third kappa shape index (κ3) is 6.65. The first-order valence-corrected chi connectivity index (χ1v) is 13.4. The molecular formula is C29H35F4N5O3. The number of ether oxygens (including phenoxy) is 1. The highest BCUT2D eigenvalue weighted by Gasteiger charge is 2.41. The van der Waals surface area contributed by atoms with Crippen molar-refractivity contribution in [2.24, 2.45) is 5.41 Å². The van der Waals surface area contributed by atoms with Crippen LogP contribution in [0.15, 0.2) is 36.5 Å². The molecule has 1 unspecified atom stereocenters. The van der Waals surface area contributed by atoms with Crippen molar-refractivity contribution in [3.05, 3.63) is 59.5 Å². The Labute approximate surface area is 236 Å². The van der Waals surface area contributed by atoms with E-state index in [-0.39, 0.29) is 19.4 Å². The second-order valence-electron chi connectivity index (χ2n) is 10.6. The van der Waals surface area contributed by atoms with Crippen LogP contribution in [0.3, 0.4) is 0 Å². The van der Waals surface area contributed by atoms with Crippen LogP contribution >= 0.6 is 0 Å². The lowest BCUT2D eigenvalue weighted by atomic mass is 9.73. The second-order valence-corrected chi connectivity index (χ2v) is 10.6. The lowest BCUT2D eigenvalue weighted by molar-refractivity contribution is -0.143. The maximum atomic E-state index is 16.1. The van der Waals surface area contributed by atoms with Crippen molar-refractivity contribution in [1.82, 2.24) is 15.4 Å². The number of piperidine rings is 1. The normalized spacial score (nSPS) is 15.9. The number of rotatable bonds is 11. The van der Waals surface area contributed by atoms with E-state index in [0.717, 1.165) is 0 Å². The second kappa shape index (κ2) is 12.9. The first-order valence-electron chi connectivity index (χ1n) is 13.4. The summed E-state index contributed by atoms with van der Waals surface area (Å²) in [5, 5.41) is 12.8. The van der Waals surface area contributed by atoms with Crippen LogP contribution in [0.4, 0.5) is 28.9 Å². The molecule has 1 amide bonds. The quantitative estimate of drug-likeness (QED) is 0.164. The number of methoxy groups -OCH3 is 1. The number of alkyl halides is 1. The minimum atomic E-state index is -1.42. The number of aromatic nitrogens is 1. The van der Waals surface area contributed by atoms with E-state index in [9.17, 15) is 23.2 Å². The van der Waals surface area contributed by atoms with Gasteiger partial charge in [0.15, 0.2) is 11.6 Å². The van der Waals surface area contributed by atoms with Crippen molar-refractivity contribution in [2.75, 3.05) is 57.6 Å². The molecule has 1 saturated heterocycles. The van der Waals surface area contributed by atoms with Gasteiger partial charge < -0.3 is 19.9 Å². The van der Waals surface area contributed by atoms with Gasteiger partial charge >= 0.3 is 0 Å². The lowest BCUT2D eigenvalue weighted by Gasteiger charge is -2.40. The van der Waals surface area contributed by atoms with Crippen LogP contribution in [0.5, 0.6) is 5.75 Å². The van der Waals surface area contributed by atoms with Gasteiger partial charge in [0, 0.05) is 50.3 Å². The summed E-state index contributed by atoms with van der Waals surface area (Å²) in [4.78, 5) is 21.1. The third-order valence-corrected chi connectivity index (χ3v) is 7.90. The fraction of sp³-hybridized carbons (Fsp3) is 0.448. The van der Waals surface area contributed by atoms with E-state index < -0.39 is 40.6 Å². The summed E-state index contributed by atoms with van der Waals surface area (Å²) in [5.74, 6) is -3.01. The number of carbonyl (C=O) groups excluding carboxylic acids is 1. The van der Waals surface area contributed by atoms with Gasteiger partial charge in [-0.15, -0.1) is 0 Å². The molecule has 1 aliphatic heterocycles. The molecular weight excluding hydrogens is 542 g/mol. The molecule has 0 radical (unpaired) electrons. The monoisotopic (exact) mass is 577 g/mol. The topological polar surface area (TPSA) is 90.0 Å². The third-order valence-electron chi connectivity index (χ3n) is 7.90. The van der Waals surface area contributed by atoms with E-state index in [4.69, 9.17) is 4.74 Å². The van der Waals surface area contributed by atoms with E-state index in [2.05, 4.69) is 10.3 Å². The minimum absolute atomic E-state index is 0.0370. The summed E-state index contributed by atoms with van der Waals surface area (Å²) in [6.45, 7) is 1.52. The van der Waals surface area contributed by atoms with Gasteiger partial charge in [0.2, 0.25) is 5.91 Å². The number of nitrogens with one attached hydrogen (secondary N) is 2. The first-order chi connectivity index (χ1) is 19.6. The van der Waals surface area contributed by atoms with Crippen LogP contribution < -0.4 is 20.4 Å². The van der Waals surface area contributed by atoms with Gasteiger partial charge in [0.1, 0.15) is 23.4 Å². The molecule has 12 heteroatoms. The standard InChI is InChI=1S/C29H35F4N5O3/c1-37(2)25-17-35-24-5-4-19(41-3)16-20(24)26(25)21(31)6-7-29(28(39)36-40)8-11-38(12-9-29)13-10-34-27-22(32)14-18(30)15-23(27)33/h4-5,14-17,21,34,40H,6-13H2,1-3H3,(H,36,39). The maximum Gasteiger partial charge on any atom is 0.249 e. The molecule has 41 heavy (non-hydrogen) atoms. The fourth-order valence-electron chi connectivity index (χ4n) is 5.51. The summed E-state index contributed by atoms with van der Waals surface area (Å²) in [6, 6.07) is 6.51. The average Bonchev–Trinajstić information content (AvgIpc) is 2.96. The van der Waals surface area contributed by atoms with Gasteiger partial charge in [-0.25, -0.2) is 23.0 Å². The SMILES string of the molecule is COc1ccc2ncc(N(C)C)c(C(F)CCC3(C(=O)NO)CCN(CCNc4c(F)cc(F)cc4F)CC3)c2c1. The molecule has 1 aromatic heterocycles. The molecule has 1 aliphatic rings. The average molecular weight is 578 g/mol. The first kappa shape index (κ1) is 30.3. The van der Waals surface area contributed by atoms with Gasteiger partial charge in [0.05, 0.1) is 29.9 Å². The predicted molar refractivity (Wildman–Crippen MR) is 149 cm³/mol. The zero-order valence-electron chi connectivity index (χ0n) is 23.3. The molecule has 2 heterocycles. The zero-order chi connectivity index (χ0) is 29.7. The van der Waals surface area contributed by atoms with Crippen molar-refractivity contribution in [3.8, 4) is 5.75 Å². The Morgan fingerprint density at radius 2 is 1.85 bits per heavy atom. The number of hydrogen-bond donors (Lipinski definition) is 3. The van der Waals surface area contributed by atoms with Gasteiger partial charge in [0.25, 0.3) is 0 Å². The number of carbonyl (C=O) groups is 1. The highest BCUT2D eigenvalue weighted by Crippen LogP contribution is 2.43. The summed E-state index contributed by atoms with van der Waals surface area (Å²) in [7, 11) is 5.16. The van der Waals surface area contributed by atoms with Gasteiger partial charge in [-0.05, 0) is 57.0 Å². The van der Waals surface area contributed by atoms with Crippen LogP contribution in [0.1, 0.15) is 37.4 Å². The highest BCUT2D eigenvalue weighted by atomic mass is 19.1. The van der Waals surface area contributed by atoms with Crippen LogP contribution in [0, 0.1) is 22.9 Å². The molecule has 222 valence electrons. The van der Waals surface area contributed by atoms with Gasteiger partial charge in [-0.2, -0.15) is 0 Å². The van der Waals surface area contributed by atoms with E-state index in [1.54, 1.807) is 34.8 Å². The number of amides is 1. The molecule has 1 atom stereocenters. The predicted octanol–water partition coefficient (Wildman–Crippen LogP) is 5.22. The zero-order valence-corrected chi connectivity index (χ0v) is 23.3. The molecule has 3 N–H and O–H groups in total. The van der Waals surface area contributed by atoms with Gasteiger partial charge in [-0.3, -0.25) is 15.0 Å². The number of hydrogen-bond acceptors (Lipinski definition) is 7. The molecule has 4 rings (SSSR count). The Morgan fingerprint density at radius 3 is 2.46 bits per heavy atom. The highest BCUT2D eigenvalue weighted by molar-refractivity contribution is 5.88. The Hall–Kier alpha value is -3.64. The number of fused-ring (bicyclic) bond motifs is 1. The summed E-state index contributed by atoms with van der Waals surface area (Å²) in [6.07, 6.45) is 1.15. The lowest BCUT2D eigenvalue weighted by Crippen LogP contribution is -2.49. The fourth-order valence-corrected chi connectivity index (χ4v) is 5.51. The molecule has 0 saturated carbocycles. The van der Waals surface area contributed by atoms with Crippen molar-refractivity contribution < 1.29 is 32.3 Å². The number of halogens is 4. The van der Waals surface area contributed by atoms with Crippen molar-refractivity contribution in [2.45, 2.75) is 31.9 Å². The molecule has 3 aromatic rings. The van der Waals surface area contributed by atoms with Crippen molar-refractivity contribution in [1.29, 1.82) is 0 Å².